The number of hydrogen-bond acceptors (Lipinski definition) is 5. The molecule has 1 aliphatic heterocycles. The van der Waals surface area contributed by atoms with Crippen molar-refractivity contribution < 1.29 is 18.1 Å². The second kappa shape index (κ2) is 7.77. The summed E-state index contributed by atoms with van der Waals surface area (Å²) in [6.07, 6.45) is 2.34. The van der Waals surface area contributed by atoms with E-state index in [0.717, 1.165) is 30.1 Å². The van der Waals surface area contributed by atoms with Crippen LogP contribution in [-0.4, -0.2) is 35.7 Å². The summed E-state index contributed by atoms with van der Waals surface area (Å²) in [7, 11) is 0. The van der Waals surface area contributed by atoms with Gasteiger partial charge < -0.3 is 14.7 Å². The van der Waals surface area contributed by atoms with Crippen LogP contribution in [0.4, 0.5) is 14.5 Å². The highest BCUT2D eigenvalue weighted by molar-refractivity contribution is 5.97. The maximum Gasteiger partial charge on any atom is 0.257 e. The van der Waals surface area contributed by atoms with Gasteiger partial charge in [0, 0.05) is 37.6 Å². The molecule has 3 aromatic rings. The molecule has 1 N–H and O–H groups in total. The Morgan fingerprint density at radius 3 is 2.90 bits per heavy atom. The third-order valence-corrected chi connectivity index (χ3v) is 5.27. The van der Waals surface area contributed by atoms with Gasteiger partial charge in [-0.2, -0.15) is 0 Å². The molecule has 1 atom stereocenters. The highest BCUT2D eigenvalue weighted by Crippen LogP contribution is 2.26. The number of anilines is 1. The Morgan fingerprint density at radius 1 is 1.31 bits per heavy atom. The lowest BCUT2D eigenvalue weighted by atomic mass is 10.1. The Morgan fingerprint density at radius 2 is 2.14 bits per heavy atom. The maximum atomic E-state index is 13.5. The number of hydrogen-bond donors (Lipinski definition) is 1. The van der Waals surface area contributed by atoms with Crippen LogP contribution in [0.3, 0.4) is 0 Å². The van der Waals surface area contributed by atoms with E-state index >= 15 is 0 Å². The van der Waals surface area contributed by atoms with Crippen LogP contribution in [0.25, 0.3) is 11.1 Å². The number of amides is 1. The average molecular weight is 400 g/mol. The molecular weight excluding hydrogens is 378 g/mol. The molecule has 1 saturated heterocycles. The molecule has 1 aromatic carbocycles. The van der Waals surface area contributed by atoms with Gasteiger partial charge in [-0.15, -0.1) is 0 Å². The number of fused-ring (bicyclic) bond motifs is 1. The van der Waals surface area contributed by atoms with Crippen LogP contribution in [0.2, 0.25) is 0 Å². The highest BCUT2D eigenvalue weighted by Gasteiger charge is 2.24. The van der Waals surface area contributed by atoms with Crippen molar-refractivity contribution in [1.82, 2.24) is 15.5 Å². The van der Waals surface area contributed by atoms with Crippen LogP contribution in [0, 0.1) is 17.6 Å². The number of carbonyl (C=O) groups is 1. The largest absolute Gasteiger partial charge is 0.371 e. The lowest BCUT2D eigenvalue weighted by molar-refractivity contribution is 0.0948. The van der Waals surface area contributed by atoms with Crippen molar-refractivity contribution >= 4 is 22.7 Å². The molecule has 4 rings (SSSR count). The molecule has 0 bridgehead atoms. The minimum atomic E-state index is -0.851. The summed E-state index contributed by atoms with van der Waals surface area (Å²) in [5.41, 5.74) is 2.31. The molecule has 8 heteroatoms. The Kier molecular flexibility index (Phi) is 5.17. The average Bonchev–Trinajstić information content (AvgIpc) is 3.34. The summed E-state index contributed by atoms with van der Waals surface area (Å²) >= 11 is 0. The van der Waals surface area contributed by atoms with E-state index in [0.29, 0.717) is 30.1 Å². The number of carbonyl (C=O) groups excluding carboxylic acids is 1. The Bertz CT molecular complexity index is 1050. The summed E-state index contributed by atoms with van der Waals surface area (Å²) in [4.78, 5) is 18.8. The van der Waals surface area contributed by atoms with Gasteiger partial charge in [0.25, 0.3) is 11.6 Å². The van der Waals surface area contributed by atoms with E-state index in [1.165, 1.54) is 12.3 Å². The van der Waals surface area contributed by atoms with E-state index in [4.69, 9.17) is 4.52 Å². The Balaban J connectivity index is 1.38. The third-order valence-electron chi connectivity index (χ3n) is 5.27. The zero-order valence-corrected chi connectivity index (χ0v) is 16.3. The molecule has 0 radical (unpaired) electrons. The molecule has 3 heterocycles. The second-order valence-corrected chi connectivity index (χ2v) is 7.71. The van der Waals surface area contributed by atoms with E-state index in [9.17, 15) is 13.6 Å². The van der Waals surface area contributed by atoms with Gasteiger partial charge in [0.1, 0.15) is 0 Å². The summed E-state index contributed by atoms with van der Waals surface area (Å²) in [6, 6.07) is 5.68. The summed E-state index contributed by atoms with van der Waals surface area (Å²) in [6.45, 7) is 5.91. The molecule has 0 spiro atoms. The molecule has 1 amide bonds. The van der Waals surface area contributed by atoms with Gasteiger partial charge in [-0.1, -0.05) is 19.0 Å². The fourth-order valence-corrected chi connectivity index (χ4v) is 3.65. The molecule has 1 fully saturated rings. The fraction of sp³-hybridized carbons (Fsp3) is 0.381. The van der Waals surface area contributed by atoms with Crippen LogP contribution >= 0.6 is 0 Å². The van der Waals surface area contributed by atoms with Gasteiger partial charge in [0.05, 0.1) is 16.6 Å². The molecule has 0 saturated carbocycles. The lowest BCUT2D eigenvalue weighted by Gasteiger charge is -2.19. The molecule has 6 nitrogen and oxygen atoms in total. The van der Waals surface area contributed by atoms with E-state index in [2.05, 4.69) is 15.5 Å². The highest BCUT2D eigenvalue weighted by atomic mass is 19.2. The van der Waals surface area contributed by atoms with Gasteiger partial charge >= 0.3 is 0 Å². The third kappa shape index (κ3) is 3.92. The quantitative estimate of drug-likeness (QED) is 0.704. The number of rotatable bonds is 5. The topological polar surface area (TPSA) is 71.3 Å². The number of nitrogens with zero attached hydrogens (tertiary/aromatic N) is 3. The van der Waals surface area contributed by atoms with Crippen molar-refractivity contribution in [1.29, 1.82) is 0 Å². The van der Waals surface area contributed by atoms with Crippen LogP contribution in [0.15, 0.2) is 35.0 Å². The van der Waals surface area contributed by atoms with Crippen LogP contribution in [0.5, 0.6) is 0 Å². The SMILES string of the molecule is CC(C)c1noc2ncc(C(=O)NCC3CCN(c4ccc(F)c(F)c4)C3)cc12. The molecule has 1 aliphatic rings. The smallest absolute Gasteiger partial charge is 0.257 e. The number of nitrogens with one attached hydrogen (secondary N) is 1. The van der Waals surface area contributed by atoms with Gasteiger partial charge in [-0.05, 0) is 36.5 Å². The second-order valence-electron chi connectivity index (χ2n) is 7.71. The summed E-state index contributed by atoms with van der Waals surface area (Å²) < 4.78 is 31.8. The normalized spacial score (nSPS) is 16.7. The molecule has 29 heavy (non-hydrogen) atoms. The van der Waals surface area contributed by atoms with Gasteiger partial charge in [0.15, 0.2) is 11.6 Å². The van der Waals surface area contributed by atoms with Gasteiger partial charge in [-0.25, -0.2) is 13.8 Å². The van der Waals surface area contributed by atoms with E-state index in [-0.39, 0.29) is 17.7 Å². The molecule has 1 unspecified atom stereocenters. The molecule has 152 valence electrons. The Hall–Kier alpha value is -3.03. The molecule has 2 aromatic heterocycles. The van der Waals surface area contributed by atoms with Gasteiger partial charge in [-0.3, -0.25) is 4.79 Å². The lowest BCUT2D eigenvalue weighted by Crippen LogP contribution is -2.31. The molecular formula is C21H22F2N4O2. The zero-order valence-electron chi connectivity index (χ0n) is 16.3. The van der Waals surface area contributed by atoms with Crippen LogP contribution < -0.4 is 10.2 Å². The predicted octanol–water partition coefficient (Wildman–Crippen LogP) is 3.88. The van der Waals surface area contributed by atoms with Crippen molar-refractivity contribution in [3.8, 4) is 0 Å². The fourth-order valence-electron chi connectivity index (χ4n) is 3.65. The van der Waals surface area contributed by atoms with E-state index in [1.807, 2.05) is 18.7 Å². The first-order valence-electron chi connectivity index (χ1n) is 9.66. The number of aromatic nitrogens is 2. The van der Waals surface area contributed by atoms with Gasteiger partial charge in [0.2, 0.25) is 0 Å². The molecule has 0 aliphatic carbocycles. The minimum absolute atomic E-state index is 0.164. The minimum Gasteiger partial charge on any atom is -0.371 e. The number of pyridine rings is 1. The van der Waals surface area contributed by atoms with Crippen molar-refractivity contribution in [2.24, 2.45) is 5.92 Å². The van der Waals surface area contributed by atoms with Crippen molar-refractivity contribution in [2.75, 3.05) is 24.5 Å². The van der Waals surface area contributed by atoms with Crippen molar-refractivity contribution in [3.05, 3.63) is 53.4 Å². The summed E-state index contributed by atoms with van der Waals surface area (Å²) in [5, 5.41) is 7.72. The maximum absolute atomic E-state index is 13.5. The first-order valence-corrected chi connectivity index (χ1v) is 9.66. The predicted molar refractivity (Wildman–Crippen MR) is 105 cm³/mol. The van der Waals surface area contributed by atoms with Crippen molar-refractivity contribution in [2.45, 2.75) is 26.2 Å². The van der Waals surface area contributed by atoms with Crippen LogP contribution in [0.1, 0.15) is 42.2 Å². The van der Waals surface area contributed by atoms with Crippen molar-refractivity contribution in [3.63, 3.8) is 0 Å². The summed E-state index contributed by atoms with van der Waals surface area (Å²) in [5.74, 6) is -1.52. The zero-order chi connectivity index (χ0) is 20.5. The van der Waals surface area contributed by atoms with Crippen LogP contribution in [-0.2, 0) is 0 Å². The standard InChI is InChI=1S/C21H22F2N4O2/c1-12(2)19-16-7-14(10-25-21(16)29-26-19)20(28)24-9-13-5-6-27(11-13)15-3-4-17(22)18(23)8-15/h3-4,7-8,10,12-13H,5-6,9,11H2,1-2H3,(H,24,28). The number of halogens is 2. The monoisotopic (exact) mass is 400 g/mol. The van der Waals surface area contributed by atoms with E-state index < -0.39 is 11.6 Å². The Labute approximate surface area is 166 Å². The van der Waals surface area contributed by atoms with E-state index in [1.54, 1.807) is 12.1 Å². The first kappa shape index (κ1) is 19.3. The number of benzene rings is 1. The first-order chi connectivity index (χ1) is 13.9.